The van der Waals surface area contributed by atoms with Crippen molar-refractivity contribution in [2.45, 2.75) is 6.92 Å². The summed E-state index contributed by atoms with van der Waals surface area (Å²) in [6.07, 6.45) is 3.93. The van der Waals surface area contributed by atoms with Gasteiger partial charge in [0.25, 0.3) is 0 Å². The maximum Gasteiger partial charge on any atom is 0.248 e. The number of carbonyl (C=O) groups excluding carboxylic acids is 1. The van der Waals surface area contributed by atoms with Gasteiger partial charge in [-0.25, -0.2) is 0 Å². The first kappa shape index (κ1) is 9.52. The number of primary amides is 1. The summed E-state index contributed by atoms with van der Waals surface area (Å²) in [6.45, 7) is 1.96. The lowest BCUT2D eigenvalue weighted by atomic mass is 10.1. The Morgan fingerprint density at radius 3 is 2.47 bits per heavy atom. The Morgan fingerprint density at radius 2 is 1.93 bits per heavy atom. The summed E-state index contributed by atoms with van der Waals surface area (Å²) in [5.41, 5.74) is 7.84. The number of aromatic nitrogens is 1. The highest BCUT2D eigenvalue weighted by molar-refractivity contribution is 5.93. The molecule has 1 heterocycles. The number of hydrogen-bond donors (Lipinski definition) is 1. The van der Waals surface area contributed by atoms with Crippen LogP contribution >= 0.6 is 0 Å². The van der Waals surface area contributed by atoms with Crippen LogP contribution in [0.3, 0.4) is 0 Å². The van der Waals surface area contributed by atoms with Gasteiger partial charge in [-0.15, -0.1) is 0 Å². The van der Waals surface area contributed by atoms with Crippen molar-refractivity contribution in [3.05, 3.63) is 53.9 Å². The van der Waals surface area contributed by atoms with E-state index in [1.807, 2.05) is 42.1 Å². The van der Waals surface area contributed by atoms with Crippen molar-refractivity contribution in [1.82, 2.24) is 4.57 Å². The Kier molecular flexibility index (Phi) is 2.29. The van der Waals surface area contributed by atoms with E-state index in [1.54, 1.807) is 12.1 Å². The minimum Gasteiger partial charge on any atom is -0.366 e. The van der Waals surface area contributed by atoms with Crippen molar-refractivity contribution in [3.63, 3.8) is 0 Å². The fraction of sp³-hybridized carbons (Fsp3) is 0.0833. The van der Waals surface area contributed by atoms with Crippen LogP contribution in [-0.2, 0) is 0 Å². The fourth-order valence-electron chi connectivity index (χ4n) is 1.59. The van der Waals surface area contributed by atoms with E-state index in [9.17, 15) is 4.79 Å². The molecule has 1 amide bonds. The van der Waals surface area contributed by atoms with E-state index in [0.717, 1.165) is 11.3 Å². The molecule has 3 heteroatoms. The molecular weight excluding hydrogens is 188 g/mol. The first-order chi connectivity index (χ1) is 7.18. The van der Waals surface area contributed by atoms with Crippen LogP contribution in [0, 0.1) is 6.92 Å². The highest BCUT2D eigenvalue weighted by Gasteiger charge is 2.04. The maximum absolute atomic E-state index is 11.0. The Morgan fingerprint density at radius 1 is 1.27 bits per heavy atom. The smallest absolute Gasteiger partial charge is 0.248 e. The third kappa shape index (κ3) is 1.76. The molecule has 76 valence electrons. The van der Waals surface area contributed by atoms with Crippen LogP contribution in [0.25, 0.3) is 5.69 Å². The number of rotatable bonds is 2. The molecule has 0 aliphatic carbocycles. The van der Waals surface area contributed by atoms with Gasteiger partial charge in [0.05, 0.1) is 0 Å². The second kappa shape index (κ2) is 3.61. The molecule has 0 fully saturated rings. The monoisotopic (exact) mass is 200 g/mol. The van der Waals surface area contributed by atoms with Crippen LogP contribution < -0.4 is 5.73 Å². The predicted molar refractivity (Wildman–Crippen MR) is 59.0 cm³/mol. The summed E-state index contributed by atoms with van der Waals surface area (Å²) in [5.74, 6) is -0.392. The summed E-state index contributed by atoms with van der Waals surface area (Å²) in [7, 11) is 0. The van der Waals surface area contributed by atoms with E-state index in [-0.39, 0.29) is 0 Å². The van der Waals surface area contributed by atoms with Crippen molar-refractivity contribution in [3.8, 4) is 5.69 Å². The summed E-state index contributed by atoms with van der Waals surface area (Å²) in [4.78, 5) is 11.0. The molecule has 0 saturated heterocycles. The molecule has 0 atom stereocenters. The molecule has 0 aliphatic heterocycles. The van der Waals surface area contributed by atoms with Crippen LogP contribution in [0.4, 0.5) is 0 Å². The Balaban J connectivity index is 2.48. The fourth-order valence-corrected chi connectivity index (χ4v) is 1.59. The summed E-state index contributed by atoms with van der Waals surface area (Å²) < 4.78 is 2.00. The van der Waals surface area contributed by atoms with Gasteiger partial charge >= 0.3 is 0 Å². The molecule has 0 unspecified atom stereocenters. The van der Waals surface area contributed by atoms with E-state index in [4.69, 9.17) is 5.73 Å². The Bertz CT molecular complexity index is 486. The zero-order valence-corrected chi connectivity index (χ0v) is 8.47. The van der Waals surface area contributed by atoms with Crippen LogP contribution in [0.1, 0.15) is 15.9 Å². The molecule has 3 nitrogen and oxygen atoms in total. The molecule has 0 radical (unpaired) electrons. The molecule has 0 spiro atoms. The van der Waals surface area contributed by atoms with Crippen LogP contribution in [-0.4, -0.2) is 10.5 Å². The van der Waals surface area contributed by atoms with Gasteiger partial charge in [-0.1, -0.05) is 0 Å². The molecule has 2 aromatic rings. The molecule has 0 aliphatic rings. The Labute approximate surface area is 88.1 Å². The second-order valence-electron chi connectivity index (χ2n) is 3.46. The van der Waals surface area contributed by atoms with Crippen molar-refractivity contribution in [1.29, 1.82) is 0 Å². The molecule has 15 heavy (non-hydrogen) atoms. The largest absolute Gasteiger partial charge is 0.366 e. The molecule has 0 saturated carbocycles. The van der Waals surface area contributed by atoms with Gasteiger partial charge < -0.3 is 10.3 Å². The Hall–Kier alpha value is -2.03. The van der Waals surface area contributed by atoms with E-state index >= 15 is 0 Å². The van der Waals surface area contributed by atoms with Crippen LogP contribution in [0.15, 0.2) is 42.7 Å². The highest BCUT2D eigenvalue weighted by Crippen LogP contribution is 2.15. The normalized spacial score (nSPS) is 10.2. The van der Waals surface area contributed by atoms with Crippen molar-refractivity contribution >= 4 is 5.91 Å². The van der Waals surface area contributed by atoms with Gasteiger partial charge in [0.2, 0.25) is 5.91 Å². The minimum absolute atomic E-state index is 0.392. The van der Waals surface area contributed by atoms with Gasteiger partial charge in [0, 0.05) is 23.6 Å². The van der Waals surface area contributed by atoms with Gasteiger partial charge in [-0.3, -0.25) is 4.79 Å². The highest BCUT2D eigenvalue weighted by atomic mass is 16.1. The summed E-state index contributed by atoms with van der Waals surface area (Å²) >= 11 is 0. The lowest BCUT2D eigenvalue weighted by Gasteiger charge is -2.07. The maximum atomic E-state index is 11.0. The van der Waals surface area contributed by atoms with Crippen molar-refractivity contribution < 1.29 is 4.79 Å². The predicted octanol–water partition coefficient (Wildman–Crippen LogP) is 1.88. The first-order valence-electron chi connectivity index (χ1n) is 4.72. The number of nitrogens with zero attached hydrogens (tertiary/aromatic N) is 1. The molecule has 1 aromatic carbocycles. The van der Waals surface area contributed by atoms with E-state index in [1.165, 1.54) is 0 Å². The number of carbonyl (C=O) groups is 1. The average molecular weight is 200 g/mol. The van der Waals surface area contributed by atoms with Gasteiger partial charge in [0.1, 0.15) is 0 Å². The molecule has 2 N–H and O–H groups in total. The summed E-state index contributed by atoms with van der Waals surface area (Å²) in [6, 6.07) is 9.36. The van der Waals surface area contributed by atoms with Crippen molar-refractivity contribution in [2.24, 2.45) is 5.73 Å². The SMILES string of the molecule is Cc1cc(C(N)=O)ccc1-n1cccc1. The zero-order chi connectivity index (χ0) is 10.8. The summed E-state index contributed by atoms with van der Waals surface area (Å²) in [5, 5.41) is 0. The third-order valence-corrected chi connectivity index (χ3v) is 2.36. The average Bonchev–Trinajstić information content (AvgIpc) is 2.70. The van der Waals surface area contributed by atoms with E-state index in [0.29, 0.717) is 5.56 Å². The number of amides is 1. The topological polar surface area (TPSA) is 48.0 Å². The molecule has 2 rings (SSSR count). The van der Waals surface area contributed by atoms with Gasteiger partial charge in [0.15, 0.2) is 0 Å². The quantitative estimate of drug-likeness (QED) is 0.790. The van der Waals surface area contributed by atoms with E-state index in [2.05, 4.69) is 0 Å². The van der Waals surface area contributed by atoms with Crippen LogP contribution in [0.2, 0.25) is 0 Å². The van der Waals surface area contributed by atoms with E-state index < -0.39 is 5.91 Å². The number of nitrogens with two attached hydrogens (primary N) is 1. The van der Waals surface area contributed by atoms with Crippen molar-refractivity contribution in [2.75, 3.05) is 0 Å². The third-order valence-electron chi connectivity index (χ3n) is 2.36. The number of aryl methyl sites for hydroxylation is 1. The van der Waals surface area contributed by atoms with Gasteiger partial charge in [-0.05, 0) is 42.8 Å². The van der Waals surface area contributed by atoms with Gasteiger partial charge in [-0.2, -0.15) is 0 Å². The zero-order valence-electron chi connectivity index (χ0n) is 8.47. The van der Waals surface area contributed by atoms with Crippen LogP contribution in [0.5, 0.6) is 0 Å². The standard InChI is InChI=1S/C12H12N2O/c1-9-8-10(12(13)15)4-5-11(9)14-6-2-3-7-14/h2-8H,1H3,(H2,13,15). The lowest BCUT2D eigenvalue weighted by molar-refractivity contribution is 0.1000. The molecule has 0 bridgehead atoms. The first-order valence-corrected chi connectivity index (χ1v) is 4.72. The number of hydrogen-bond acceptors (Lipinski definition) is 1. The molecular formula is C12H12N2O. The second-order valence-corrected chi connectivity index (χ2v) is 3.46. The minimum atomic E-state index is -0.392. The lowest BCUT2D eigenvalue weighted by Crippen LogP contribution is -2.11. The number of benzene rings is 1. The molecule has 1 aromatic heterocycles.